The second-order valence-corrected chi connectivity index (χ2v) is 6.93. The predicted molar refractivity (Wildman–Crippen MR) is 83.3 cm³/mol. The molecule has 2 aliphatic rings. The Bertz CT molecular complexity index is 339. The van der Waals surface area contributed by atoms with Gasteiger partial charge in [0.2, 0.25) is 0 Å². The van der Waals surface area contributed by atoms with Gasteiger partial charge >= 0.3 is 6.03 Å². The highest BCUT2D eigenvalue weighted by Crippen LogP contribution is 2.44. The molecule has 1 saturated carbocycles. The average molecular weight is 298 g/mol. The number of aliphatic hydroxyl groups is 1. The molecule has 122 valence electrons. The molecule has 1 unspecified atom stereocenters. The van der Waals surface area contributed by atoms with Crippen molar-refractivity contribution in [1.29, 1.82) is 0 Å². The third-order valence-electron chi connectivity index (χ3n) is 4.69. The zero-order valence-corrected chi connectivity index (χ0v) is 13.4. The van der Waals surface area contributed by atoms with Crippen LogP contribution in [-0.2, 0) is 0 Å². The van der Waals surface area contributed by atoms with Crippen molar-refractivity contribution in [1.82, 2.24) is 20.4 Å². The Morgan fingerprint density at radius 3 is 2.48 bits per heavy atom. The maximum absolute atomic E-state index is 11.7. The van der Waals surface area contributed by atoms with E-state index in [9.17, 15) is 9.90 Å². The summed E-state index contributed by atoms with van der Waals surface area (Å²) in [6.07, 6.45) is 2.03. The van der Waals surface area contributed by atoms with Gasteiger partial charge in [-0.3, -0.25) is 0 Å². The lowest BCUT2D eigenvalue weighted by molar-refractivity contribution is 0.138. The topological polar surface area (TPSA) is 67.8 Å². The summed E-state index contributed by atoms with van der Waals surface area (Å²) >= 11 is 0. The maximum atomic E-state index is 11.7. The molecule has 0 aromatic rings. The third-order valence-corrected chi connectivity index (χ3v) is 4.69. The molecule has 1 aliphatic heterocycles. The largest absolute Gasteiger partial charge is 0.396 e. The molecule has 0 radical (unpaired) electrons. The molecule has 3 N–H and O–H groups in total. The fourth-order valence-corrected chi connectivity index (χ4v) is 2.70. The minimum absolute atomic E-state index is 0.0250. The first kappa shape index (κ1) is 16.5. The van der Waals surface area contributed by atoms with E-state index in [-0.39, 0.29) is 18.1 Å². The number of amides is 2. The van der Waals surface area contributed by atoms with Gasteiger partial charge in [0.25, 0.3) is 0 Å². The highest BCUT2D eigenvalue weighted by Gasteiger charge is 2.42. The van der Waals surface area contributed by atoms with Crippen molar-refractivity contribution in [3.63, 3.8) is 0 Å². The Kier molecular flexibility index (Phi) is 5.84. The van der Waals surface area contributed by atoms with Crippen LogP contribution in [0.5, 0.6) is 0 Å². The van der Waals surface area contributed by atoms with E-state index < -0.39 is 0 Å². The van der Waals surface area contributed by atoms with Crippen LogP contribution in [0.4, 0.5) is 4.79 Å². The fourth-order valence-electron chi connectivity index (χ4n) is 2.70. The number of carbonyl (C=O) groups excluding carboxylic acids is 1. The third kappa shape index (κ3) is 5.45. The van der Waals surface area contributed by atoms with E-state index in [1.165, 1.54) is 0 Å². The van der Waals surface area contributed by atoms with E-state index in [0.29, 0.717) is 19.0 Å². The Labute approximate surface area is 127 Å². The zero-order valence-electron chi connectivity index (χ0n) is 13.4. The Morgan fingerprint density at radius 1 is 1.24 bits per heavy atom. The summed E-state index contributed by atoms with van der Waals surface area (Å²) in [5.41, 5.74) is -0.0250. The van der Waals surface area contributed by atoms with Crippen LogP contribution in [-0.4, -0.2) is 80.4 Å². The lowest BCUT2D eigenvalue weighted by Crippen LogP contribution is -2.47. The van der Waals surface area contributed by atoms with Crippen LogP contribution < -0.4 is 10.6 Å². The molecule has 0 aromatic carbocycles. The molecule has 2 fully saturated rings. The number of urea groups is 1. The minimum Gasteiger partial charge on any atom is -0.396 e. The summed E-state index contributed by atoms with van der Waals surface area (Å²) in [6.45, 7) is 9.16. The number of piperazine rings is 1. The van der Waals surface area contributed by atoms with Crippen LogP contribution >= 0.6 is 0 Å². The molecule has 0 aromatic heterocycles. The summed E-state index contributed by atoms with van der Waals surface area (Å²) in [5.74, 6) is 0.451. The van der Waals surface area contributed by atoms with Crippen molar-refractivity contribution in [2.45, 2.75) is 19.8 Å². The van der Waals surface area contributed by atoms with Gasteiger partial charge in [0.15, 0.2) is 0 Å². The number of likely N-dealkylation sites (N-methyl/N-ethyl adjacent to an activating group) is 1. The lowest BCUT2D eigenvalue weighted by atomic mass is 10.1. The van der Waals surface area contributed by atoms with Crippen LogP contribution in [0.2, 0.25) is 0 Å². The van der Waals surface area contributed by atoms with Crippen molar-refractivity contribution >= 4 is 6.03 Å². The van der Waals surface area contributed by atoms with Crippen LogP contribution in [0.15, 0.2) is 0 Å². The lowest BCUT2D eigenvalue weighted by Gasteiger charge is -2.33. The SMILES string of the molecule is CC(CNC(=O)NCC1(CO)CC1)CN1CCN(C)CC1. The van der Waals surface area contributed by atoms with Crippen molar-refractivity contribution in [3.8, 4) is 0 Å². The Hall–Kier alpha value is -0.850. The zero-order chi connectivity index (χ0) is 15.3. The van der Waals surface area contributed by atoms with Crippen LogP contribution in [0.1, 0.15) is 19.8 Å². The second-order valence-electron chi connectivity index (χ2n) is 6.93. The normalized spacial score (nSPS) is 23.6. The molecule has 2 amide bonds. The van der Waals surface area contributed by atoms with E-state index in [1.54, 1.807) is 0 Å². The second kappa shape index (κ2) is 7.42. The first-order valence-corrected chi connectivity index (χ1v) is 8.06. The van der Waals surface area contributed by atoms with Gasteiger partial charge in [-0.05, 0) is 25.8 Å². The Balaban J connectivity index is 1.55. The van der Waals surface area contributed by atoms with Crippen LogP contribution in [0.3, 0.4) is 0 Å². The number of rotatable bonds is 7. The van der Waals surface area contributed by atoms with Crippen molar-refractivity contribution in [3.05, 3.63) is 0 Å². The van der Waals surface area contributed by atoms with Gasteiger partial charge in [-0.25, -0.2) is 4.79 Å². The molecule has 21 heavy (non-hydrogen) atoms. The summed E-state index contributed by atoms with van der Waals surface area (Å²) in [4.78, 5) is 16.6. The average Bonchev–Trinajstić information content (AvgIpc) is 3.26. The predicted octanol–water partition coefficient (Wildman–Crippen LogP) is -0.0584. The summed E-state index contributed by atoms with van der Waals surface area (Å²) in [6, 6.07) is -0.111. The van der Waals surface area contributed by atoms with Gasteiger partial charge in [-0.1, -0.05) is 6.92 Å². The van der Waals surface area contributed by atoms with Gasteiger partial charge in [0.1, 0.15) is 0 Å². The van der Waals surface area contributed by atoms with E-state index in [4.69, 9.17) is 0 Å². The molecule has 0 bridgehead atoms. The number of nitrogens with one attached hydrogen (secondary N) is 2. The molecular weight excluding hydrogens is 268 g/mol. The fraction of sp³-hybridized carbons (Fsp3) is 0.933. The number of hydrogen-bond donors (Lipinski definition) is 3. The number of aliphatic hydroxyl groups excluding tert-OH is 1. The molecular formula is C15H30N4O2. The quantitative estimate of drug-likeness (QED) is 0.616. The summed E-state index contributed by atoms with van der Waals surface area (Å²) < 4.78 is 0. The van der Waals surface area contributed by atoms with Gasteiger partial charge in [0, 0.05) is 51.2 Å². The smallest absolute Gasteiger partial charge is 0.314 e. The molecule has 1 heterocycles. The number of hydrogen-bond acceptors (Lipinski definition) is 4. The first-order chi connectivity index (χ1) is 10.0. The molecule has 0 spiro atoms. The first-order valence-electron chi connectivity index (χ1n) is 8.06. The van der Waals surface area contributed by atoms with E-state index in [0.717, 1.165) is 45.6 Å². The number of nitrogens with zero attached hydrogens (tertiary/aromatic N) is 2. The molecule has 1 aliphatic carbocycles. The monoisotopic (exact) mass is 298 g/mol. The van der Waals surface area contributed by atoms with Gasteiger partial charge in [-0.15, -0.1) is 0 Å². The van der Waals surface area contributed by atoms with Gasteiger partial charge in [-0.2, -0.15) is 0 Å². The van der Waals surface area contributed by atoms with Crippen LogP contribution in [0, 0.1) is 11.3 Å². The van der Waals surface area contributed by atoms with E-state index in [2.05, 4.69) is 34.4 Å². The highest BCUT2D eigenvalue weighted by atomic mass is 16.3. The molecule has 1 atom stereocenters. The minimum atomic E-state index is -0.111. The molecule has 6 heteroatoms. The van der Waals surface area contributed by atoms with Crippen molar-refractivity contribution < 1.29 is 9.90 Å². The molecule has 2 rings (SSSR count). The molecule has 1 saturated heterocycles. The highest BCUT2D eigenvalue weighted by molar-refractivity contribution is 5.73. The van der Waals surface area contributed by atoms with Crippen molar-refractivity contribution in [2.75, 3.05) is 59.5 Å². The van der Waals surface area contributed by atoms with Crippen molar-refractivity contribution in [2.24, 2.45) is 11.3 Å². The van der Waals surface area contributed by atoms with Gasteiger partial charge in [0.05, 0.1) is 6.61 Å². The standard InChI is InChI=1S/C15H30N4O2/c1-13(10-19-7-5-18(2)6-8-19)9-16-14(21)17-11-15(12-20)3-4-15/h13,20H,3-12H2,1-2H3,(H2,16,17,21). The maximum Gasteiger partial charge on any atom is 0.314 e. The van der Waals surface area contributed by atoms with Crippen LogP contribution in [0.25, 0.3) is 0 Å². The van der Waals surface area contributed by atoms with E-state index in [1.807, 2.05) is 0 Å². The Morgan fingerprint density at radius 2 is 1.90 bits per heavy atom. The summed E-state index contributed by atoms with van der Waals surface area (Å²) in [7, 11) is 2.16. The summed E-state index contributed by atoms with van der Waals surface area (Å²) in [5, 5.41) is 15.0. The molecule has 6 nitrogen and oxygen atoms in total. The van der Waals surface area contributed by atoms with Gasteiger partial charge < -0.3 is 25.5 Å². The number of carbonyl (C=O) groups is 1. The van der Waals surface area contributed by atoms with E-state index >= 15 is 0 Å².